The van der Waals surface area contributed by atoms with Gasteiger partial charge in [0.25, 0.3) is 0 Å². The van der Waals surface area contributed by atoms with E-state index in [1.807, 2.05) is 0 Å². The summed E-state index contributed by atoms with van der Waals surface area (Å²) in [4.78, 5) is 12.1. The largest absolute Gasteiger partial charge is 0.324 e. The van der Waals surface area contributed by atoms with Gasteiger partial charge in [-0.15, -0.1) is 11.8 Å². The van der Waals surface area contributed by atoms with Gasteiger partial charge in [0, 0.05) is 11.4 Å². The molecule has 0 bridgehead atoms. The van der Waals surface area contributed by atoms with Crippen molar-refractivity contribution >= 4 is 33.4 Å². The second-order valence-electron chi connectivity index (χ2n) is 4.95. The van der Waals surface area contributed by atoms with E-state index in [1.165, 1.54) is 48.2 Å². The summed E-state index contributed by atoms with van der Waals surface area (Å²) >= 11 is 1.30. The third-order valence-corrected chi connectivity index (χ3v) is 5.73. The molecular formula is C15H13FN2O3S2. The molecule has 1 amide bonds. The fourth-order valence-electron chi connectivity index (χ4n) is 2.09. The van der Waals surface area contributed by atoms with Crippen LogP contribution in [0.5, 0.6) is 0 Å². The van der Waals surface area contributed by atoms with Crippen molar-refractivity contribution in [2.24, 2.45) is 0 Å². The molecule has 5 nitrogen and oxygen atoms in total. The lowest BCUT2D eigenvalue weighted by Gasteiger charge is -2.17. The molecule has 1 aliphatic heterocycles. The van der Waals surface area contributed by atoms with Crippen LogP contribution in [0.2, 0.25) is 0 Å². The summed E-state index contributed by atoms with van der Waals surface area (Å²) in [5.41, 5.74) is 1.28. The van der Waals surface area contributed by atoms with E-state index < -0.39 is 10.0 Å². The van der Waals surface area contributed by atoms with Gasteiger partial charge in [0.1, 0.15) is 5.82 Å². The van der Waals surface area contributed by atoms with Crippen molar-refractivity contribution < 1.29 is 17.6 Å². The first-order valence-electron chi connectivity index (χ1n) is 6.75. The van der Waals surface area contributed by atoms with Crippen molar-refractivity contribution in [3.8, 4) is 0 Å². The molecule has 8 heteroatoms. The van der Waals surface area contributed by atoms with Crippen molar-refractivity contribution in [1.82, 2.24) is 4.72 Å². The molecule has 0 saturated heterocycles. The molecule has 2 N–H and O–H groups in total. The van der Waals surface area contributed by atoms with Gasteiger partial charge in [-0.1, -0.05) is 12.1 Å². The first-order valence-corrected chi connectivity index (χ1v) is 9.22. The van der Waals surface area contributed by atoms with E-state index in [4.69, 9.17) is 0 Å². The average molecular weight is 352 g/mol. The second kappa shape index (κ2) is 6.31. The molecule has 23 heavy (non-hydrogen) atoms. The second-order valence-corrected chi connectivity index (χ2v) is 7.73. The Labute approximate surface area is 137 Å². The van der Waals surface area contributed by atoms with Crippen LogP contribution in [0.3, 0.4) is 0 Å². The molecule has 2 aromatic carbocycles. The fraction of sp³-hybridized carbons (Fsp3) is 0.133. The number of halogens is 1. The Morgan fingerprint density at radius 2 is 1.91 bits per heavy atom. The van der Waals surface area contributed by atoms with E-state index in [-0.39, 0.29) is 28.9 Å². The van der Waals surface area contributed by atoms with E-state index in [1.54, 1.807) is 6.07 Å². The predicted molar refractivity (Wildman–Crippen MR) is 86.2 cm³/mol. The van der Waals surface area contributed by atoms with Gasteiger partial charge in [-0.05, 0) is 35.9 Å². The lowest BCUT2D eigenvalue weighted by molar-refractivity contribution is -0.113. The maximum absolute atomic E-state index is 12.8. The summed E-state index contributed by atoms with van der Waals surface area (Å²) < 4.78 is 40.0. The van der Waals surface area contributed by atoms with E-state index in [0.717, 1.165) is 0 Å². The van der Waals surface area contributed by atoms with Crippen LogP contribution in [0.15, 0.2) is 52.3 Å². The number of hydrogen-bond acceptors (Lipinski definition) is 4. The molecule has 0 saturated carbocycles. The normalized spacial score (nSPS) is 14.2. The summed E-state index contributed by atoms with van der Waals surface area (Å²) in [6.07, 6.45) is 0. The third kappa shape index (κ3) is 3.72. The van der Waals surface area contributed by atoms with Gasteiger partial charge in [-0.25, -0.2) is 17.5 Å². The highest BCUT2D eigenvalue weighted by Gasteiger charge is 2.20. The molecule has 0 atom stereocenters. The number of benzene rings is 2. The Balaban J connectivity index is 1.77. The third-order valence-electron chi connectivity index (χ3n) is 3.28. The van der Waals surface area contributed by atoms with Crippen LogP contribution < -0.4 is 10.0 Å². The number of sulfonamides is 1. The minimum Gasteiger partial charge on any atom is -0.324 e. The molecule has 1 aliphatic rings. The Kier molecular flexibility index (Phi) is 4.38. The standard InChI is InChI=1S/C15H13FN2O3S2/c16-11-3-1-10(2-4-11)8-17-23(20,21)12-5-6-13-14(7-12)22-9-15(19)18-13/h1-7,17H,8-9H2,(H,18,19). The number of rotatable bonds is 4. The highest BCUT2D eigenvalue weighted by atomic mass is 32.2. The topological polar surface area (TPSA) is 75.3 Å². The molecular weight excluding hydrogens is 339 g/mol. The van der Waals surface area contributed by atoms with E-state index >= 15 is 0 Å². The Bertz CT molecular complexity index is 852. The highest BCUT2D eigenvalue weighted by Crippen LogP contribution is 2.33. The number of nitrogens with one attached hydrogen (secondary N) is 2. The molecule has 0 spiro atoms. The molecule has 0 aliphatic carbocycles. The van der Waals surface area contributed by atoms with E-state index in [9.17, 15) is 17.6 Å². The summed E-state index contributed by atoms with van der Waals surface area (Å²) in [7, 11) is -3.69. The summed E-state index contributed by atoms with van der Waals surface area (Å²) in [5, 5.41) is 2.69. The first kappa shape index (κ1) is 16.0. The highest BCUT2D eigenvalue weighted by molar-refractivity contribution is 8.00. The minimum atomic E-state index is -3.69. The number of fused-ring (bicyclic) bond motifs is 1. The van der Waals surface area contributed by atoms with Crippen LogP contribution in [-0.4, -0.2) is 20.1 Å². The Hall–Kier alpha value is -1.90. The lowest BCUT2D eigenvalue weighted by Crippen LogP contribution is -2.24. The summed E-state index contributed by atoms with van der Waals surface area (Å²) in [5.74, 6) is -0.211. The SMILES string of the molecule is O=C1CSc2cc(S(=O)(=O)NCc3ccc(F)cc3)ccc2N1. The number of anilines is 1. The fourth-order valence-corrected chi connectivity index (χ4v) is 4.05. The molecule has 3 rings (SSSR count). The number of hydrogen-bond donors (Lipinski definition) is 2. The summed E-state index contributed by atoms with van der Waals surface area (Å²) in [6.45, 7) is 0.0730. The Morgan fingerprint density at radius 3 is 2.65 bits per heavy atom. The van der Waals surface area contributed by atoms with Crippen molar-refractivity contribution in [3.05, 3.63) is 53.8 Å². The zero-order valence-electron chi connectivity index (χ0n) is 11.9. The van der Waals surface area contributed by atoms with Crippen LogP contribution in [0.4, 0.5) is 10.1 Å². The van der Waals surface area contributed by atoms with Gasteiger partial charge in [0.05, 0.1) is 16.3 Å². The molecule has 0 aromatic heterocycles. The van der Waals surface area contributed by atoms with E-state index in [0.29, 0.717) is 16.1 Å². The predicted octanol–water partition coefficient (Wildman–Crippen LogP) is 2.35. The number of carbonyl (C=O) groups is 1. The van der Waals surface area contributed by atoms with Gasteiger partial charge in [0.15, 0.2) is 0 Å². The quantitative estimate of drug-likeness (QED) is 0.886. The summed E-state index contributed by atoms with van der Waals surface area (Å²) in [6, 6.07) is 10.2. The molecule has 0 radical (unpaired) electrons. The first-order chi connectivity index (χ1) is 10.9. The molecule has 120 valence electrons. The molecule has 2 aromatic rings. The Morgan fingerprint density at radius 1 is 1.17 bits per heavy atom. The zero-order valence-corrected chi connectivity index (χ0v) is 13.5. The number of thioether (sulfide) groups is 1. The van der Waals surface area contributed by atoms with Gasteiger partial charge < -0.3 is 5.32 Å². The van der Waals surface area contributed by atoms with Crippen molar-refractivity contribution in [3.63, 3.8) is 0 Å². The lowest BCUT2D eigenvalue weighted by atomic mass is 10.2. The maximum atomic E-state index is 12.8. The smallest absolute Gasteiger partial charge is 0.240 e. The van der Waals surface area contributed by atoms with Crippen LogP contribution in [0.25, 0.3) is 0 Å². The zero-order chi connectivity index (χ0) is 16.4. The molecule has 0 unspecified atom stereocenters. The maximum Gasteiger partial charge on any atom is 0.240 e. The molecule has 0 fully saturated rings. The van der Waals surface area contributed by atoms with Crippen LogP contribution in [0.1, 0.15) is 5.56 Å². The van der Waals surface area contributed by atoms with Gasteiger partial charge in [0.2, 0.25) is 15.9 Å². The van der Waals surface area contributed by atoms with Crippen molar-refractivity contribution in [1.29, 1.82) is 0 Å². The van der Waals surface area contributed by atoms with Crippen molar-refractivity contribution in [2.45, 2.75) is 16.3 Å². The monoisotopic (exact) mass is 352 g/mol. The van der Waals surface area contributed by atoms with Gasteiger partial charge >= 0.3 is 0 Å². The number of carbonyl (C=O) groups excluding carboxylic acids is 1. The minimum absolute atomic E-state index is 0.0730. The van der Waals surface area contributed by atoms with Gasteiger partial charge in [-0.3, -0.25) is 4.79 Å². The van der Waals surface area contributed by atoms with Crippen LogP contribution >= 0.6 is 11.8 Å². The average Bonchev–Trinajstić information content (AvgIpc) is 2.54. The van der Waals surface area contributed by atoms with E-state index in [2.05, 4.69) is 10.0 Å². The molecule has 1 heterocycles. The van der Waals surface area contributed by atoms with Crippen LogP contribution in [-0.2, 0) is 21.4 Å². The number of amides is 1. The van der Waals surface area contributed by atoms with Crippen molar-refractivity contribution in [2.75, 3.05) is 11.1 Å². The van der Waals surface area contributed by atoms with Crippen LogP contribution in [0, 0.1) is 5.82 Å². The van der Waals surface area contributed by atoms with Gasteiger partial charge in [-0.2, -0.15) is 0 Å².